The maximum absolute atomic E-state index is 10.7. The van der Waals surface area contributed by atoms with Crippen LogP contribution in [0.5, 0.6) is 0 Å². The molecule has 1 unspecified atom stereocenters. The molecule has 0 aliphatic carbocycles. The van der Waals surface area contributed by atoms with Crippen LogP contribution >= 0.6 is 0 Å². The van der Waals surface area contributed by atoms with E-state index in [0.29, 0.717) is 0 Å². The molecule has 0 aliphatic rings. The van der Waals surface area contributed by atoms with Gasteiger partial charge in [-0.05, 0) is 0 Å². The van der Waals surface area contributed by atoms with Crippen LogP contribution in [0.3, 0.4) is 0 Å². The van der Waals surface area contributed by atoms with Crippen LogP contribution in [0.4, 0.5) is 0 Å². The molecule has 0 bridgehead atoms. The highest BCUT2D eigenvalue weighted by Crippen LogP contribution is 2.20. The molecule has 0 saturated heterocycles. The van der Waals surface area contributed by atoms with Crippen molar-refractivity contribution in [3.05, 3.63) is 0 Å². The van der Waals surface area contributed by atoms with Crippen molar-refractivity contribution in [3.63, 3.8) is 0 Å². The molecule has 0 saturated carbocycles. The summed E-state index contributed by atoms with van der Waals surface area (Å²) in [5.74, 6) is -1.44. The molecule has 1 atom stereocenters. The second-order valence-corrected chi connectivity index (χ2v) is 3.66. The molecule has 0 radical (unpaired) electrons. The van der Waals surface area contributed by atoms with Crippen molar-refractivity contribution in [1.82, 2.24) is 0 Å². The van der Waals surface area contributed by atoms with E-state index in [0.717, 1.165) is 0 Å². The van der Waals surface area contributed by atoms with E-state index in [1.165, 1.54) is 0 Å². The molecule has 0 aromatic carbocycles. The molecular weight excluding hydrogens is 188 g/mol. The molecule has 5 N–H and O–H groups in total. The average Bonchev–Trinajstić information content (AvgIpc) is 2.12. The summed E-state index contributed by atoms with van der Waals surface area (Å²) >= 11 is 0. The van der Waals surface area contributed by atoms with Gasteiger partial charge in [0.25, 0.3) is 0 Å². The van der Waals surface area contributed by atoms with E-state index in [9.17, 15) is 14.7 Å². The molecule has 82 valence electrons. The van der Waals surface area contributed by atoms with Gasteiger partial charge in [0.15, 0.2) is 0 Å². The van der Waals surface area contributed by atoms with Crippen molar-refractivity contribution in [1.29, 1.82) is 0 Å². The van der Waals surface area contributed by atoms with Gasteiger partial charge in [0.2, 0.25) is 5.91 Å². The van der Waals surface area contributed by atoms with Crippen LogP contribution in [-0.2, 0) is 14.3 Å². The van der Waals surface area contributed by atoms with Gasteiger partial charge >= 0.3 is 5.97 Å². The largest absolute Gasteiger partial charge is 0.464 e. The fourth-order valence-corrected chi connectivity index (χ4v) is 0.789. The fraction of sp³-hybridized carbons (Fsp3) is 0.750. The third-order valence-electron chi connectivity index (χ3n) is 1.78. The topological polar surface area (TPSA) is 116 Å². The summed E-state index contributed by atoms with van der Waals surface area (Å²) in [6.45, 7) is 2.79. The van der Waals surface area contributed by atoms with E-state index < -0.39 is 23.4 Å². The van der Waals surface area contributed by atoms with Crippen LogP contribution in [0.1, 0.15) is 13.8 Å². The average molecular weight is 204 g/mol. The van der Waals surface area contributed by atoms with E-state index in [1.54, 1.807) is 13.8 Å². The first-order valence-electron chi connectivity index (χ1n) is 4.14. The number of aliphatic hydroxyl groups excluding tert-OH is 1. The molecule has 6 heteroatoms. The standard InChI is InChI=1S/C8H16N2O4/c1-8(2,6(12)7(10)13)4-14-5(11)3-9/h6,12H,3-4,9H2,1-2H3,(H2,10,13). The molecular formula is C8H16N2O4. The van der Waals surface area contributed by atoms with Gasteiger partial charge in [-0.15, -0.1) is 0 Å². The summed E-state index contributed by atoms with van der Waals surface area (Å²) in [5, 5.41) is 9.34. The fourth-order valence-electron chi connectivity index (χ4n) is 0.789. The van der Waals surface area contributed by atoms with Crippen LogP contribution in [-0.4, -0.2) is 36.2 Å². The lowest BCUT2D eigenvalue weighted by Crippen LogP contribution is -2.44. The Morgan fingerprint density at radius 3 is 2.36 bits per heavy atom. The van der Waals surface area contributed by atoms with Crippen molar-refractivity contribution >= 4 is 11.9 Å². The highest BCUT2D eigenvalue weighted by Gasteiger charge is 2.33. The number of primary amides is 1. The molecule has 14 heavy (non-hydrogen) atoms. The van der Waals surface area contributed by atoms with Gasteiger partial charge in [-0.3, -0.25) is 9.59 Å². The van der Waals surface area contributed by atoms with Crippen LogP contribution < -0.4 is 11.5 Å². The minimum absolute atomic E-state index is 0.104. The zero-order chi connectivity index (χ0) is 11.4. The van der Waals surface area contributed by atoms with Gasteiger partial charge in [-0.25, -0.2) is 0 Å². The first-order chi connectivity index (χ1) is 6.31. The SMILES string of the molecule is CC(C)(COC(=O)CN)C(O)C(N)=O. The molecule has 0 aromatic rings. The zero-order valence-electron chi connectivity index (χ0n) is 8.32. The summed E-state index contributed by atoms with van der Waals surface area (Å²) in [7, 11) is 0. The third-order valence-corrected chi connectivity index (χ3v) is 1.78. The first kappa shape index (κ1) is 12.9. The zero-order valence-corrected chi connectivity index (χ0v) is 8.32. The Bertz CT molecular complexity index is 227. The number of aliphatic hydroxyl groups is 1. The number of amides is 1. The number of hydrogen-bond acceptors (Lipinski definition) is 5. The molecule has 6 nitrogen and oxygen atoms in total. The Hall–Kier alpha value is -1.14. The van der Waals surface area contributed by atoms with Crippen LogP contribution in [0.2, 0.25) is 0 Å². The van der Waals surface area contributed by atoms with Crippen LogP contribution in [0.15, 0.2) is 0 Å². The molecule has 0 aliphatic heterocycles. The van der Waals surface area contributed by atoms with E-state index in [4.69, 9.17) is 16.2 Å². The molecule has 0 rings (SSSR count). The Balaban J connectivity index is 4.19. The molecule has 0 aromatic heterocycles. The van der Waals surface area contributed by atoms with Crippen LogP contribution in [0.25, 0.3) is 0 Å². The number of nitrogens with two attached hydrogens (primary N) is 2. The van der Waals surface area contributed by atoms with Gasteiger partial charge in [-0.2, -0.15) is 0 Å². The first-order valence-corrected chi connectivity index (χ1v) is 4.14. The Morgan fingerprint density at radius 1 is 1.50 bits per heavy atom. The third kappa shape index (κ3) is 3.71. The summed E-state index contributed by atoms with van der Waals surface area (Å²) in [6.07, 6.45) is -1.35. The van der Waals surface area contributed by atoms with Crippen molar-refractivity contribution in [2.75, 3.05) is 13.2 Å². The van der Waals surface area contributed by atoms with Gasteiger partial charge in [0.05, 0.1) is 13.2 Å². The second-order valence-electron chi connectivity index (χ2n) is 3.66. The number of esters is 1. The van der Waals surface area contributed by atoms with Crippen molar-refractivity contribution in [2.24, 2.45) is 16.9 Å². The molecule has 1 amide bonds. The van der Waals surface area contributed by atoms with Crippen molar-refractivity contribution in [2.45, 2.75) is 20.0 Å². The second kappa shape index (κ2) is 4.92. The summed E-state index contributed by atoms with van der Waals surface area (Å²) < 4.78 is 4.70. The Labute approximate surface area is 82.2 Å². The lowest BCUT2D eigenvalue weighted by molar-refractivity contribution is -0.151. The van der Waals surface area contributed by atoms with Gasteiger partial charge in [0, 0.05) is 5.41 Å². The van der Waals surface area contributed by atoms with Crippen molar-refractivity contribution in [3.8, 4) is 0 Å². The number of carbonyl (C=O) groups excluding carboxylic acids is 2. The predicted octanol–water partition coefficient (Wildman–Crippen LogP) is -1.64. The van der Waals surface area contributed by atoms with Gasteiger partial charge in [-0.1, -0.05) is 13.8 Å². The lowest BCUT2D eigenvalue weighted by Gasteiger charge is -2.27. The summed E-state index contributed by atoms with van der Waals surface area (Å²) in [4.78, 5) is 21.4. The maximum Gasteiger partial charge on any atom is 0.319 e. The minimum Gasteiger partial charge on any atom is -0.464 e. The highest BCUT2D eigenvalue weighted by molar-refractivity contribution is 5.79. The maximum atomic E-state index is 10.7. The van der Waals surface area contributed by atoms with Gasteiger partial charge in [0.1, 0.15) is 6.10 Å². The van der Waals surface area contributed by atoms with Crippen LogP contribution in [0, 0.1) is 5.41 Å². The summed E-state index contributed by atoms with van der Waals surface area (Å²) in [5.41, 5.74) is 9.01. The molecule has 0 heterocycles. The van der Waals surface area contributed by atoms with Gasteiger partial charge < -0.3 is 21.3 Å². The Morgan fingerprint density at radius 2 is 2.00 bits per heavy atom. The van der Waals surface area contributed by atoms with Crippen molar-refractivity contribution < 1.29 is 19.4 Å². The number of rotatable bonds is 5. The van der Waals surface area contributed by atoms with E-state index in [-0.39, 0.29) is 13.2 Å². The quantitative estimate of drug-likeness (QED) is 0.464. The van der Waals surface area contributed by atoms with E-state index >= 15 is 0 Å². The number of carbonyl (C=O) groups is 2. The monoisotopic (exact) mass is 204 g/mol. The van der Waals surface area contributed by atoms with E-state index in [2.05, 4.69) is 0 Å². The summed E-state index contributed by atoms with van der Waals surface area (Å²) in [6, 6.07) is 0. The molecule has 0 spiro atoms. The minimum atomic E-state index is -1.35. The molecule has 0 fully saturated rings. The normalized spacial score (nSPS) is 13.4. The number of ether oxygens (including phenoxy) is 1. The van der Waals surface area contributed by atoms with E-state index in [1.807, 2.05) is 0 Å². The smallest absolute Gasteiger partial charge is 0.319 e. The number of hydrogen-bond donors (Lipinski definition) is 3. The highest BCUT2D eigenvalue weighted by atomic mass is 16.5. The predicted molar refractivity (Wildman–Crippen MR) is 49.0 cm³/mol. The Kier molecular flexibility index (Phi) is 4.52. The lowest BCUT2D eigenvalue weighted by atomic mass is 9.87.